The molecule has 2 fully saturated rings. The van der Waals surface area contributed by atoms with Crippen LogP contribution in [0.2, 0.25) is 0 Å². The number of hydrogen-bond acceptors (Lipinski definition) is 6. The largest absolute Gasteiger partial charge is 0.469 e. The monoisotopic (exact) mass is 395 g/mol. The minimum absolute atomic E-state index is 0.0271. The SMILES string of the molecule is Cc1occc1C(=O)N1CCCC(c2nc3ccc(N4CCOCC4)cn3n2)C1. The molecule has 0 N–H and O–H groups in total. The van der Waals surface area contributed by atoms with Crippen molar-refractivity contribution >= 4 is 17.2 Å². The standard InChI is InChI=1S/C21H25N5O3/c1-15-18(6-10-29-15)21(27)25-7-2-3-16(13-25)20-22-19-5-4-17(14-26(19)23-20)24-8-11-28-12-9-24/h4-6,10,14,16H,2-3,7-9,11-13H2,1H3. The molecule has 8 nitrogen and oxygen atoms in total. The molecule has 0 spiro atoms. The number of nitrogens with zero attached hydrogens (tertiary/aromatic N) is 5. The van der Waals surface area contributed by atoms with Crippen LogP contribution in [-0.4, -0.2) is 64.8 Å². The molecule has 1 amide bonds. The Balaban J connectivity index is 1.35. The highest BCUT2D eigenvalue weighted by Crippen LogP contribution is 2.27. The second-order valence-electron chi connectivity index (χ2n) is 7.74. The Kier molecular flexibility index (Phi) is 4.71. The van der Waals surface area contributed by atoms with Crippen LogP contribution in [0.3, 0.4) is 0 Å². The Morgan fingerprint density at radius 1 is 1.17 bits per heavy atom. The zero-order chi connectivity index (χ0) is 19.8. The van der Waals surface area contributed by atoms with Gasteiger partial charge >= 0.3 is 0 Å². The van der Waals surface area contributed by atoms with Crippen molar-refractivity contribution in [3.05, 3.63) is 47.8 Å². The van der Waals surface area contributed by atoms with Crippen LogP contribution in [-0.2, 0) is 4.74 Å². The van der Waals surface area contributed by atoms with Gasteiger partial charge in [-0.1, -0.05) is 0 Å². The molecule has 3 aromatic heterocycles. The number of pyridine rings is 1. The van der Waals surface area contributed by atoms with Crippen molar-refractivity contribution in [1.82, 2.24) is 19.5 Å². The number of morpholine rings is 1. The lowest BCUT2D eigenvalue weighted by molar-refractivity contribution is 0.0703. The number of carbonyl (C=O) groups is 1. The van der Waals surface area contributed by atoms with Crippen molar-refractivity contribution in [2.24, 2.45) is 0 Å². The lowest BCUT2D eigenvalue weighted by Crippen LogP contribution is -2.39. The van der Waals surface area contributed by atoms with Gasteiger partial charge in [-0.3, -0.25) is 4.79 Å². The van der Waals surface area contributed by atoms with Gasteiger partial charge < -0.3 is 19.0 Å². The average molecular weight is 395 g/mol. The third-order valence-corrected chi connectivity index (χ3v) is 5.87. The number of aromatic nitrogens is 3. The fourth-order valence-electron chi connectivity index (χ4n) is 4.22. The number of piperidine rings is 1. The molecule has 1 atom stereocenters. The van der Waals surface area contributed by atoms with Crippen LogP contribution in [0, 0.1) is 6.92 Å². The van der Waals surface area contributed by atoms with E-state index in [1.165, 1.54) is 0 Å². The Morgan fingerprint density at radius 2 is 2.03 bits per heavy atom. The third-order valence-electron chi connectivity index (χ3n) is 5.87. The van der Waals surface area contributed by atoms with Gasteiger partial charge in [-0.05, 0) is 38.0 Å². The Labute approximate surface area is 169 Å². The summed E-state index contributed by atoms with van der Waals surface area (Å²) in [6.45, 7) is 6.50. The molecule has 2 aliphatic heterocycles. The third kappa shape index (κ3) is 3.48. The van der Waals surface area contributed by atoms with Crippen molar-refractivity contribution in [2.75, 3.05) is 44.3 Å². The van der Waals surface area contributed by atoms with Gasteiger partial charge in [0.25, 0.3) is 5.91 Å². The van der Waals surface area contributed by atoms with E-state index in [2.05, 4.69) is 11.0 Å². The fourth-order valence-corrected chi connectivity index (χ4v) is 4.22. The number of likely N-dealkylation sites (tertiary alicyclic amines) is 1. The molecule has 5 heterocycles. The maximum Gasteiger partial charge on any atom is 0.257 e. The number of furan rings is 1. The van der Waals surface area contributed by atoms with Gasteiger partial charge in [0.2, 0.25) is 0 Å². The van der Waals surface area contributed by atoms with E-state index in [9.17, 15) is 4.79 Å². The summed E-state index contributed by atoms with van der Waals surface area (Å²) in [5, 5.41) is 4.76. The molecular weight excluding hydrogens is 370 g/mol. The van der Waals surface area contributed by atoms with E-state index < -0.39 is 0 Å². The minimum Gasteiger partial charge on any atom is -0.469 e. The molecule has 2 aliphatic rings. The summed E-state index contributed by atoms with van der Waals surface area (Å²) in [4.78, 5) is 21.8. The summed E-state index contributed by atoms with van der Waals surface area (Å²) >= 11 is 0. The lowest BCUT2D eigenvalue weighted by Gasteiger charge is -2.31. The van der Waals surface area contributed by atoms with Crippen LogP contribution in [0.15, 0.2) is 35.1 Å². The molecule has 2 saturated heterocycles. The van der Waals surface area contributed by atoms with Gasteiger partial charge in [0.15, 0.2) is 11.5 Å². The summed E-state index contributed by atoms with van der Waals surface area (Å²) < 4.78 is 12.6. The first-order valence-electron chi connectivity index (χ1n) is 10.2. The van der Waals surface area contributed by atoms with Crippen molar-refractivity contribution < 1.29 is 13.9 Å². The van der Waals surface area contributed by atoms with Gasteiger partial charge in [-0.2, -0.15) is 5.10 Å². The van der Waals surface area contributed by atoms with Crippen LogP contribution in [0.5, 0.6) is 0 Å². The highest BCUT2D eigenvalue weighted by atomic mass is 16.5. The zero-order valence-corrected chi connectivity index (χ0v) is 16.6. The fraction of sp³-hybridized carbons (Fsp3) is 0.476. The Hall–Kier alpha value is -2.87. The van der Waals surface area contributed by atoms with E-state index in [0.717, 1.165) is 62.8 Å². The topological polar surface area (TPSA) is 76.1 Å². The number of hydrogen-bond donors (Lipinski definition) is 0. The summed E-state index contributed by atoms with van der Waals surface area (Å²) in [6, 6.07) is 5.86. The maximum atomic E-state index is 12.9. The number of rotatable bonds is 3. The highest BCUT2D eigenvalue weighted by molar-refractivity contribution is 5.95. The van der Waals surface area contributed by atoms with E-state index in [-0.39, 0.29) is 11.8 Å². The Bertz CT molecular complexity index is 1020. The van der Waals surface area contributed by atoms with Crippen molar-refractivity contribution in [3.63, 3.8) is 0 Å². The number of amides is 1. The summed E-state index contributed by atoms with van der Waals surface area (Å²) in [5.74, 6) is 1.65. The zero-order valence-electron chi connectivity index (χ0n) is 16.6. The highest BCUT2D eigenvalue weighted by Gasteiger charge is 2.29. The average Bonchev–Trinajstić information content (AvgIpc) is 3.39. The predicted octanol–water partition coefficient (Wildman–Crippen LogP) is 2.49. The molecule has 0 saturated carbocycles. The molecule has 8 heteroatoms. The first-order chi connectivity index (χ1) is 14.2. The molecule has 0 aromatic carbocycles. The number of anilines is 1. The van der Waals surface area contributed by atoms with Gasteiger partial charge in [0.1, 0.15) is 5.76 Å². The predicted molar refractivity (Wildman–Crippen MR) is 107 cm³/mol. The van der Waals surface area contributed by atoms with E-state index in [4.69, 9.17) is 19.2 Å². The molecule has 3 aromatic rings. The lowest BCUT2D eigenvalue weighted by atomic mass is 9.97. The van der Waals surface area contributed by atoms with Crippen LogP contribution in [0.1, 0.15) is 40.7 Å². The molecule has 1 unspecified atom stereocenters. The minimum atomic E-state index is 0.0271. The van der Waals surface area contributed by atoms with E-state index in [1.807, 2.05) is 28.6 Å². The summed E-state index contributed by atoms with van der Waals surface area (Å²) in [7, 11) is 0. The quantitative estimate of drug-likeness (QED) is 0.678. The first kappa shape index (κ1) is 18.2. The molecule has 152 valence electrons. The number of carbonyl (C=O) groups excluding carboxylic acids is 1. The second-order valence-corrected chi connectivity index (χ2v) is 7.74. The van der Waals surface area contributed by atoms with E-state index >= 15 is 0 Å². The normalized spacial score (nSPS) is 20.4. The first-order valence-corrected chi connectivity index (χ1v) is 10.2. The molecule has 5 rings (SSSR count). The van der Waals surface area contributed by atoms with Gasteiger partial charge in [0, 0.05) is 32.1 Å². The molecule has 0 radical (unpaired) electrons. The molecular formula is C21H25N5O3. The molecule has 29 heavy (non-hydrogen) atoms. The van der Waals surface area contributed by atoms with Crippen LogP contribution in [0.4, 0.5) is 5.69 Å². The van der Waals surface area contributed by atoms with Gasteiger partial charge in [-0.15, -0.1) is 0 Å². The smallest absolute Gasteiger partial charge is 0.257 e. The van der Waals surface area contributed by atoms with E-state index in [1.54, 1.807) is 12.3 Å². The van der Waals surface area contributed by atoms with Crippen LogP contribution < -0.4 is 4.90 Å². The molecule has 0 aliphatic carbocycles. The second kappa shape index (κ2) is 7.51. The maximum absolute atomic E-state index is 12.9. The van der Waals surface area contributed by atoms with Crippen molar-refractivity contribution in [1.29, 1.82) is 0 Å². The van der Waals surface area contributed by atoms with Crippen LogP contribution in [0.25, 0.3) is 5.65 Å². The Morgan fingerprint density at radius 3 is 2.83 bits per heavy atom. The number of fused-ring (bicyclic) bond motifs is 1. The number of ether oxygens (including phenoxy) is 1. The van der Waals surface area contributed by atoms with Crippen LogP contribution >= 0.6 is 0 Å². The number of aryl methyl sites for hydroxylation is 1. The van der Waals surface area contributed by atoms with Gasteiger partial charge in [-0.25, -0.2) is 9.50 Å². The summed E-state index contributed by atoms with van der Waals surface area (Å²) in [5.41, 5.74) is 2.61. The summed E-state index contributed by atoms with van der Waals surface area (Å²) in [6.07, 6.45) is 5.54. The van der Waals surface area contributed by atoms with Crippen molar-refractivity contribution in [2.45, 2.75) is 25.7 Å². The van der Waals surface area contributed by atoms with E-state index in [0.29, 0.717) is 17.9 Å². The van der Waals surface area contributed by atoms with Crippen molar-refractivity contribution in [3.8, 4) is 0 Å². The van der Waals surface area contributed by atoms with Gasteiger partial charge in [0.05, 0.1) is 36.9 Å². The molecule has 0 bridgehead atoms.